The van der Waals surface area contributed by atoms with Crippen LogP contribution in [-0.4, -0.2) is 33.4 Å². The lowest BCUT2D eigenvalue weighted by molar-refractivity contribution is -0.116. The third-order valence-electron chi connectivity index (χ3n) is 7.25. The molecule has 0 aromatic heterocycles. The molecule has 0 spiro atoms. The molecule has 3 saturated carbocycles. The molecular weight excluding hydrogens is 308 g/mol. The highest BCUT2D eigenvalue weighted by atomic mass is 16.6. The topological polar surface area (TPSA) is 94.8 Å². The second kappa shape index (κ2) is 6.51. The Morgan fingerprint density at radius 1 is 1.08 bits per heavy atom. The highest BCUT2D eigenvalue weighted by Crippen LogP contribution is 2.61. The maximum absolute atomic E-state index is 11.6. The van der Waals surface area contributed by atoms with Crippen molar-refractivity contribution in [2.75, 3.05) is 0 Å². The Morgan fingerprint density at radius 3 is 2.50 bits per heavy atom. The van der Waals surface area contributed by atoms with Crippen LogP contribution in [0.1, 0.15) is 58.3 Å². The van der Waals surface area contributed by atoms with Crippen LogP contribution < -0.4 is 0 Å². The van der Waals surface area contributed by atoms with Crippen LogP contribution in [0, 0.1) is 29.1 Å². The smallest absolute Gasteiger partial charge is 0.450 e. The summed E-state index contributed by atoms with van der Waals surface area (Å²) in [5, 5.41) is 24.3. The van der Waals surface area contributed by atoms with Gasteiger partial charge in [-0.05, 0) is 80.1 Å². The van der Waals surface area contributed by atoms with Crippen LogP contribution in [0.2, 0.25) is 0 Å². The van der Waals surface area contributed by atoms with E-state index in [0.29, 0.717) is 11.7 Å². The molecule has 0 heterocycles. The van der Waals surface area contributed by atoms with E-state index in [1.54, 1.807) is 0 Å². The van der Waals surface area contributed by atoms with Gasteiger partial charge in [0.05, 0.1) is 6.10 Å². The van der Waals surface area contributed by atoms with E-state index in [4.69, 9.17) is 15.0 Å². The van der Waals surface area contributed by atoms with Crippen LogP contribution >= 0.6 is 0 Å². The van der Waals surface area contributed by atoms with Gasteiger partial charge in [0.2, 0.25) is 0 Å². The first kappa shape index (κ1) is 17.5. The Balaban J connectivity index is 0.000000383. The fraction of sp³-hybridized carbons (Fsp3) is 0.789. The number of carbonyl (C=O) groups is 2. The SMILES string of the molecule is C[C@]12CC[C@H]3[C@@H](CCC4=CC(=O)CC[C@@H]43)[C@@H]1CC[C@@H]2O.O=C(O)O. The Bertz CT molecular complexity index is 550. The second-order valence-corrected chi connectivity index (χ2v) is 8.22. The number of allylic oxidation sites excluding steroid dienone is 1. The molecule has 4 rings (SSSR count). The summed E-state index contributed by atoms with van der Waals surface area (Å²) in [5.74, 6) is 3.38. The molecule has 3 fully saturated rings. The van der Waals surface area contributed by atoms with Crippen molar-refractivity contribution in [3.8, 4) is 0 Å². The minimum absolute atomic E-state index is 0.0710. The van der Waals surface area contributed by atoms with E-state index in [2.05, 4.69) is 6.92 Å². The van der Waals surface area contributed by atoms with Gasteiger partial charge in [-0.25, -0.2) is 4.79 Å². The van der Waals surface area contributed by atoms with Crippen LogP contribution in [0.25, 0.3) is 0 Å². The quantitative estimate of drug-likeness (QED) is 0.627. The molecule has 134 valence electrons. The number of carboxylic acid groups (broad SMARTS) is 2. The molecule has 3 N–H and O–H groups in total. The van der Waals surface area contributed by atoms with Gasteiger partial charge in [-0.3, -0.25) is 4.79 Å². The van der Waals surface area contributed by atoms with E-state index in [0.717, 1.165) is 43.4 Å². The van der Waals surface area contributed by atoms with E-state index in [9.17, 15) is 9.90 Å². The van der Waals surface area contributed by atoms with Gasteiger partial charge >= 0.3 is 6.16 Å². The van der Waals surface area contributed by atoms with Crippen molar-refractivity contribution < 1.29 is 24.9 Å². The summed E-state index contributed by atoms with van der Waals surface area (Å²) in [6, 6.07) is 0. The van der Waals surface area contributed by atoms with Gasteiger partial charge in [0.25, 0.3) is 0 Å². The number of carbonyl (C=O) groups excluding carboxylic acids is 1. The van der Waals surface area contributed by atoms with E-state index < -0.39 is 6.16 Å². The van der Waals surface area contributed by atoms with E-state index in [1.165, 1.54) is 31.3 Å². The zero-order valence-electron chi connectivity index (χ0n) is 14.3. The fourth-order valence-corrected chi connectivity index (χ4v) is 6.15. The van der Waals surface area contributed by atoms with E-state index in [1.807, 2.05) is 6.08 Å². The van der Waals surface area contributed by atoms with Crippen molar-refractivity contribution in [3.63, 3.8) is 0 Å². The van der Waals surface area contributed by atoms with Crippen LogP contribution in [0.15, 0.2) is 11.6 Å². The Hall–Kier alpha value is -1.36. The average Bonchev–Trinajstić information content (AvgIpc) is 2.82. The summed E-state index contributed by atoms with van der Waals surface area (Å²) in [7, 11) is 0. The third-order valence-corrected chi connectivity index (χ3v) is 7.25. The summed E-state index contributed by atoms with van der Waals surface area (Å²) < 4.78 is 0. The van der Waals surface area contributed by atoms with Crippen molar-refractivity contribution in [1.82, 2.24) is 0 Å². The highest BCUT2D eigenvalue weighted by molar-refractivity contribution is 5.91. The number of aliphatic hydroxyl groups excluding tert-OH is 1. The summed E-state index contributed by atoms with van der Waals surface area (Å²) in [6.45, 7) is 2.33. The molecule has 4 aliphatic carbocycles. The molecule has 0 saturated heterocycles. The molecule has 0 aliphatic heterocycles. The number of hydrogen-bond donors (Lipinski definition) is 3. The van der Waals surface area contributed by atoms with Crippen LogP contribution in [-0.2, 0) is 4.79 Å². The van der Waals surface area contributed by atoms with Gasteiger partial charge in [0, 0.05) is 6.42 Å². The standard InChI is InChI=1S/C18H26O2.CH2O3/c1-18-9-8-14-13-5-3-12(19)10-11(13)2-4-15(14)16(18)6-7-17(18)20;2-1(3)4/h10,13-17,20H,2-9H2,1H3;(H2,2,3,4)/t13-,14+,15+,16-,17-,18-;/m0./s1. The maximum atomic E-state index is 11.6. The number of rotatable bonds is 0. The van der Waals surface area contributed by atoms with Crippen molar-refractivity contribution in [1.29, 1.82) is 0 Å². The minimum Gasteiger partial charge on any atom is -0.450 e. The normalized spacial score (nSPS) is 43.5. The molecular formula is C19H28O5. The van der Waals surface area contributed by atoms with Gasteiger partial charge in [0.15, 0.2) is 5.78 Å². The van der Waals surface area contributed by atoms with Gasteiger partial charge in [-0.1, -0.05) is 12.5 Å². The van der Waals surface area contributed by atoms with Gasteiger partial charge in [-0.15, -0.1) is 0 Å². The summed E-state index contributed by atoms with van der Waals surface area (Å²) in [6.07, 6.45) is 9.02. The van der Waals surface area contributed by atoms with Crippen LogP contribution in [0.4, 0.5) is 4.79 Å². The average molecular weight is 336 g/mol. The lowest BCUT2D eigenvalue weighted by Crippen LogP contribution is -2.47. The Kier molecular flexibility index (Phi) is 4.73. The van der Waals surface area contributed by atoms with E-state index >= 15 is 0 Å². The predicted octanol–water partition coefficient (Wildman–Crippen LogP) is 3.71. The Labute approximate surface area is 142 Å². The molecule has 5 nitrogen and oxygen atoms in total. The monoisotopic (exact) mass is 336 g/mol. The summed E-state index contributed by atoms with van der Waals surface area (Å²) in [5.41, 5.74) is 1.65. The minimum atomic E-state index is -1.83. The molecule has 0 unspecified atom stereocenters. The number of fused-ring (bicyclic) bond motifs is 5. The summed E-state index contributed by atoms with van der Waals surface area (Å²) in [4.78, 5) is 20.2. The molecule has 0 radical (unpaired) electrons. The van der Waals surface area contributed by atoms with Gasteiger partial charge < -0.3 is 15.3 Å². The molecule has 4 aliphatic rings. The first-order valence-corrected chi connectivity index (χ1v) is 9.16. The lowest BCUT2D eigenvalue weighted by Gasteiger charge is -2.53. The van der Waals surface area contributed by atoms with Crippen molar-refractivity contribution >= 4 is 11.9 Å². The van der Waals surface area contributed by atoms with Crippen LogP contribution in [0.5, 0.6) is 0 Å². The fourth-order valence-electron chi connectivity index (χ4n) is 6.15. The second-order valence-electron chi connectivity index (χ2n) is 8.22. The molecule has 0 aromatic carbocycles. The number of hydrogen-bond acceptors (Lipinski definition) is 3. The summed E-state index contributed by atoms with van der Waals surface area (Å²) >= 11 is 0. The Morgan fingerprint density at radius 2 is 1.79 bits per heavy atom. The largest absolute Gasteiger partial charge is 0.503 e. The predicted molar refractivity (Wildman–Crippen MR) is 88.8 cm³/mol. The first-order valence-electron chi connectivity index (χ1n) is 9.16. The first-order chi connectivity index (χ1) is 11.3. The zero-order chi connectivity index (χ0) is 17.5. The van der Waals surface area contributed by atoms with Crippen molar-refractivity contribution in [2.24, 2.45) is 29.1 Å². The van der Waals surface area contributed by atoms with Gasteiger partial charge in [-0.2, -0.15) is 0 Å². The van der Waals surface area contributed by atoms with Crippen LogP contribution in [0.3, 0.4) is 0 Å². The molecule has 24 heavy (non-hydrogen) atoms. The zero-order valence-corrected chi connectivity index (χ0v) is 14.3. The van der Waals surface area contributed by atoms with E-state index in [-0.39, 0.29) is 11.5 Å². The molecule has 0 amide bonds. The number of aliphatic hydroxyl groups is 1. The van der Waals surface area contributed by atoms with Crippen molar-refractivity contribution in [3.05, 3.63) is 11.6 Å². The molecule has 0 bridgehead atoms. The lowest BCUT2D eigenvalue weighted by atomic mass is 9.52. The number of ketones is 1. The third kappa shape index (κ3) is 2.99. The molecule has 5 heteroatoms. The van der Waals surface area contributed by atoms with Crippen molar-refractivity contribution in [2.45, 2.75) is 64.4 Å². The molecule has 6 atom stereocenters. The maximum Gasteiger partial charge on any atom is 0.503 e. The highest BCUT2D eigenvalue weighted by Gasteiger charge is 2.55. The van der Waals surface area contributed by atoms with Gasteiger partial charge in [0.1, 0.15) is 0 Å². The molecule has 0 aromatic rings.